The van der Waals surface area contributed by atoms with Gasteiger partial charge in [0.15, 0.2) is 11.5 Å². The lowest BCUT2D eigenvalue weighted by atomic mass is 9.97. The van der Waals surface area contributed by atoms with Crippen LogP contribution in [0.15, 0.2) is 29.7 Å². The third-order valence-electron chi connectivity index (χ3n) is 5.62. The number of hydrogen-bond donors (Lipinski definition) is 0. The largest absolute Gasteiger partial charge is 0.355 e. The molecule has 0 atom stereocenters. The molecule has 5 heterocycles. The number of anilines is 1. The summed E-state index contributed by atoms with van der Waals surface area (Å²) in [6, 6.07) is 3.92. The number of imidazole rings is 1. The minimum atomic E-state index is -3.58. The quantitative estimate of drug-likeness (QED) is 0.631. The zero-order chi connectivity index (χ0) is 19.3. The molecular weight excluding hydrogens is 380 g/mol. The highest BCUT2D eigenvalue weighted by atomic mass is 32.2. The van der Waals surface area contributed by atoms with Crippen molar-refractivity contribution in [2.75, 3.05) is 31.1 Å². The Hall–Kier alpha value is -2.53. The summed E-state index contributed by atoms with van der Waals surface area (Å²) >= 11 is 0. The van der Waals surface area contributed by atoms with Crippen LogP contribution in [0.5, 0.6) is 0 Å². The minimum Gasteiger partial charge on any atom is -0.355 e. The molecule has 0 aliphatic carbocycles. The number of nitrogens with zero attached hydrogens (tertiary/aromatic N) is 8. The van der Waals surface area contributed by atoms with Crippen LogP contribution < -0.4 is 4.90 Å². The Labute approximate surface area is 162 Å². The highest BCUT2D eigenvalue weighted by Gasteiger charge is 2.34. The second-order valence-electron chi connectivity index (χ2n) is 7.36. The lowest BCUT2D eigenvalue weighted by Crippen LogP contribution is -2.39. The molecule has 0 amide bonds. The number of hydrogen-bond acceptors (Lipinski definition) is 7. The zero-order valence-corrected chi connectivity index (χ0v) is 16.5. The maximum absolute atomic E-state index is 12.8. The topological polar surface area (TPSA) is 102 Å². The molecule has 2 fully saturated rings. The summed E-state index contributed by atoms with van der Waals surface area (Å²) in [5.41, 5.74) is 0.724. The number of sulfonamides is 1. The molecular formula is C17H22N8O2S. The van der Waals surface area contributed by atoms with Crippen molar-refractivity contribution in [3.8, 4) is 0 Å². The van der Waals surface area contributed by atoms with E-state index in [1.54, 1.807) is 13.2 Å². The molecule has 0 radical (unpaired) electrons. The number of aryl methyl sites for hydroxylation is 1. The first-order valence-electron chi connectivity index (χ1n) is 9.49. The molecule has 3 aromatic heterocycles. The molecule has 0 aromatic carbocycles. The summed E-state index contributed by atoms with van der Waals surface area (Å²) in [7, 11) is -1.89. The van der Waals surface area contributed by atoms with E-state index in [9.17, 15) is 8.42 Å². The first-order valence-corrected chi connectivity index (χ1v) is 10.9. The van der Waals surface area contributed by atoms with E-state index in [1.807, 2.05) is 16.6 Å². The van der Waals surface area contributed by atoms with Crippen molar-refractivity contribution in [1.82, 2.24) is 33.7 Å². The first kappa shape index (κ1) is 17.6. The highest BCUT2D eigenvalue weighted by Crippen LogP contribution is 2.30. The summed E-state index contributed by atoms with van der Waals surface area (Å²) in [5, 5.41) is 13.4. The third kappa shape index (κ3) is 2.76. The summed E-state index contributed by atoms with van der Waals surface area (Å²) in [5.74, 6) is 1.88. The van der Waals surface area contributed by atoms with Gasteiger partial charge < -0.3 is 9.47 Å². The van der Waals surface area contributed by atoms with Gasteiger partial charge in [0.05, 0.1) is 0 Å². The predicted molar refractivity (Wildman–Crippen MR) is 102 cm³/mol. The molecule has 2 aliphatic rings. The van der Waals surface area contributed by atoms with E-state index in [-0.39, 0.29) is 11.1 Å². The van der Waals surface area contributed by atoms with E-state index >= 15 is 0 Å². The van der Waals surface area contributed by atoms with E-state index in [0.717, 1.165) is 30.4 Å². The van der Waals surface area contributed by atoms with Gasteiger partial charge in [0.25, 0.3) is 10.0 Å². The van der Waals surface area contributed by atoms with Gasteiger partial charge in [-0.25, -0.2) is 13.4 Å². The standard InChI is InChI=1S/C17H22N8O2S/c1-22-12-7-18-17(22)28(26,27)24-10-5-13(6-11-24)16-20-19-14-3-4-15(21-25(14)16)23-8-2-9-23/h3-4,7,12-13H,2,5-6,8-11H2,1H3. The SMILES string of the molecule is Cn1ccnc1S(=O)(=O)N1CCC(c2nnc3ccc(N4CCC4)nn23)CC1. The van der Waals surface area contributed by atoms with Gasteiger partial charge >= 0.3 is 0 Å². The average Bonchev–Trinajstić information content (AvgIpc) is 3.26. The average molecular weight is 402 g/mol. The fourth-order valence-electron chi connectivity index (χ4n) is 3.83. The van der Waals surface area contributed by atoms with Gasteiger partial charge in [0, 0.05) is 51.5 Å². The summed E-state index contributed by atoms with van der Waals surface area (Å²) in [6.45, 7) is 2.92. The number of piperidine rings is 1. The van der Waals surface area contributed by atoms with E-state index in [4.69, 9.17) is 5.10 Å². The predicted octanol–water partition coefficient (Wildman–Crippen LogP) is 0.636. The van der Waals surface area contributed by atoms with E-state index < -0.39 is 10.0 Å². The fraction of sp³-hybridized carbons (Fsp3) is 0.529. The lowest BCUT2D eigenvalue weighted by Gasteiger charge is -2.32. The van der Waals surface area contributed by atoms with Crippen molar-refractivity contribution in [1.29, 1.82) is 0 Å². The summed E-state index contributed by atoms with van der Waals surface area (Å²) in [4.78, 5) is 6.23. The van der Waals surface area contributed by atoms with Gasteiger partial charge in [-0.2, -0.15) is 8.82 Å². The van der Waals surface area contributed by atoms with Crippen molar-refractivity contribution in [2.24, 2.45) is 7.05 Å². The second-order valence-corrected chi connectivity index (χ2v) is 9.19. The minimum absolute atomic E-state index is 0.0831. The van der Waals surface area contributed by atoms with Gasteiger partial charge in [0.2, 0.25) is 5.16 Å². The van der Waals surface area contributed by atoms with Gasteiger partial charge in [-0.05, 0) is 31.4 Å². The number of aromatic nitrogens is 6. The van der Waals surface area contributed by atoms with Gasteiger partial charge in [0.1, 0.15) is 5.82 Å². The molecule has 28 heavy (non-hydrogen) atoms. The van der Waals surface area contributed by atoms with Crippen LogP contribution in [0.2, 0.25) is 0 Å². The van der Waals surface area contributed by atoms with Crippen LogP contribution in [-0.4, -0.2) is 68.3 Å². The molecule has 2 saturated heterocycles. The van der Waals surface area contributed by atoms with Crippen molar-refractivity contribution in [3.63, 3.8) is 0 Å². The molecule has 0 unspecified atom stereocenters. The molecule has 0 bridgehead atoms. The molecule has 2 aliphatic heterocycles. The Morgan fingerprint density at radius 1 is 1.07 bits per heavy atom. The number of fused-ring (bicyclic) bond motifs is 1. The highest BCUT2D eigenvalue weighted by molar-refractivity contribution is 7.89. The van der Waals surface area contributed by atoms with Crippen molar-refractivity contribution < 1.29 is 8.42 Å². The lowest BCUT2D eigenvalue weighted by molar-refractivity contribution is 0.309. The van der Waals surface area contributed by atoms with Gasteiger partial charge in [-0.3, -0.25) is 0 Å². The molecule has 148 valence electrons. The number of rotatable bonds is 4. The summed E-state index contributed by atoms with van der Waals surface area (Å²) in [6.07, 6.45) is 5.70. The molecule has 0 N–H and O–H groups in total. The van der Waals surface area contributed by atoms with Crippen LogP contribution in [0.3, 0.4) is 0 Å². The molecule has 0 saturated carbocycles. The third-order valence-corrected chi connectivity index (χ3v) is 7.52. The van der Waals surface area contributed by atoms with Crippen LogP contribution in [0.25, 0.3) is 5.65 Å². The fourth-order valence-corrected chi connectivity index (χ4v) is 5.38. The molecule has 5 rings (SSSR count). The van der Waals surface area contributed by atoms with Crippen LogP contribution in [0.1, 0.15) is 31.0 Å². The van der Waals surface area contributed by atoms with E-state index in [1.165, 1.54) is 21.5 Å². The Morgan fingerprint density at radius 2 is 1.86 bits per heavy atom. The first-order chi connectivity index (χ1) is 13.5. The van der Waals surface area contributed by atoms with Crippen LogP contribution in [-0.2, 0) is 17.1 Å². The molecule has 3 aromatic rings. The second kappa shape index (κ2) is 6.52. The van der Waals surface area contributed by atoms with Gasteiger partial charge in [-0.1, -0.05) is 0 Å². The molecule has 10 nitrogen and oxygen atoms in total. The van der Waals surface area contributed by atoms with E-state index in [0.29, 0.717) is 25.9 Å². The van der Waals surface area contributed by atoms with Crippen molar-refractivity contribution >= 4 is 21.5 Å². The van der Waals surface area contributed by atoms with Crippen LogP contribution in [0, 0.1) is 0 Å². The van der Waals surface area contributed by atoms with E-state index in [2.05, 4.69) is 20.1 Å². The Balaban J connectivity index is 1.36. The smallest absolute Gasteiger partial charge is 0.276 e. The Kier molecular flexibility index (Phi) is 4.09. The monoisotopic (exact) mass is 402 g/mol. The maximum atomic E-state index is 12.8. The maximum Gasteiger partial charge on any atom is 0.276 e. The molecule has 11 heteroatoms. The molecule has 0 spiro atoms. The normalized spacial score (nSPS) is 19.2. The van der Waals surface area contributed by atoms with Crippen molar-refractivity contribution in [3.05, 3.63) is 30.4 Å². The zero-order valence-electron chi connectivity index (χ0n) is 15.6. The van der Waals surface area contributed by atoms with Crippen LogP contribution >= 0.6 is 0 Å². The van der Waals surface area contributed by atoms with Gasteiger partial charge in [-0.15, -0.1) is 15.3 Å². The Bertz CT molecular complexity index is 1110. The Morgan fingerprint density at radius 3 is 2.50 bits per heavy atom. The van der Waals surface area contributed by atoms with Crippen molar-refractivity contribution in [2.45, 2.75) is 30.3 Å². The summed E-state index contributed by atoms with van der Waals surface area (Å²) < 4.78 is 30.5. The van der Waals surface area contributed by atoms with Crippen LogP contribution in [0.4, 0.5) is 5.82 Å².